The van der Waals surface area contributed by atoms with E-state index in [2.05, 4.69) is 4.72 Å². The Morgan fingerprint density at radius 3 is 2.33 bits per heavy atom. The number of ether oxygens (including phenoxy) is 1. The van der Waals surface area contributed by atoms with Crippen molar-refractivity contribution in [2.24, 2.45) is 7.05 Å². The van der Waals surface area contributed by atoms with E-state index in [-0.39, 0.29) is 17.5 Å². The average Bonchev–Trinajstić information content (AvgIpc) is 2.67. The standard InChI is InChI=1S/C17H28N2O4S/c1-5-23-17(20)15-12(2)16(13(3)19(15)4)24(21,22)18-14-10-8-6-7-9-11-14/h14,18H,5-11H2,1-4H3. The summed E-state index contributed by atoms with van der Waals surface area (Å²) in [6.45, 7) is 5.37. The van der Waals surface area contributed by atoms with Crippen LogP contribution in [0.4, 0.5) is 0 Å². The predicted molar refractivity (Wildman–Crippen MR) is 92.7 cm³/mol. The number of sulfonamides is 1. The second-order valence-corrected chi connectivity index (χ2v) is 8.13. The summed E-state index contributed by atoms with van der Waals surface area (Å²) in [4.78, 5) is 12.4. The molecule has 1 aromatic rings. The zero-order valence-electron chi connectivity index (χ0n) is 15.0. The second kappa shape index (κ2) is 7.70. The number of aromatic nitrogens is 1. The van der Waals surface area contributed by atoms with Crippen molar-refractivity contribution in [2.75, 3.05) is 6.61 Å². The molecule has 0 radical (unpaired) electrons. The fraction of sp³-hybridized carbons (Fsp3) is 0.706. The van der Waals surface area contributed by atoms with Crippen LogP contribution in [0, 0.1) is 13.8 Å². The fourth-order valence-corrected chi connectivity index (χ4v) is 5.33. The van der Waals surface area contributed by atoms with E-state index in [1.807, 2.05) is 0 Å². The minimum atomic E-state index is -3.67. The van der Waals surface area contributed by atoms with E-state index in [4.69, 9.17) is 4.74 Å². The summed E-state index contributed by atoms with van der Waals surface area (Å²) < 4.78 is 35.4. The van der Waals surface area contributed by atoms with E-state index in [1.165, 1.54) is 0 Å². The summed E-state index contributed by atoms with van der Waals surface area (Å²) in [6, 6.07) is -0.0254. The van der Waals surface area contributed by atoms with Gasteiger partial charge in [-0.2, -0.15) is 0 Å². The molecule has 24 heavy (non-hydrogen) atoms. The van der Waals surface area contributed by atoms with Crippen LogP contribution in [-0.4, -0.2) is 31.6 Å². The number of hydrogen-bond acceptors (Lipinski definition) is 4. The van der Waals surface area contributed by atoms with E-state index < -0.39 is 16.0 Å². The van der Waals surface area contributed by atoms with Crippen LogP contribution in [0.2, 0.25) is 0 Å². The number of nitrogens with zero attached hydrogens (tertiary/aromatic N) is 1. The first-order chi connectivity index (χ1) is 11.3. The van der Waals surface area contributed by atoms with Crippen molar-refractivity contribution in [3.8, 4) is 0 Å². The van der Waals surface area contributed by atoms with Gasteiger partial charge in [-0.3, -0.25) is 0 Å². The number of nitrogens with one attached hydrogen (secondary N) is 1. The first kappa shape index (κ1) is 19.0. The zero-order valence-corrected chi connectivity index (χ0v) is 15.8. The normalized spacial score (nSPS) is 16.8. The van der Waals surface area contributed by atoms with Crippen LogP contribution < -0.4 is 4.72 Å². The first-order valence-corrected chi connectivity index (χ1v) is 10.1. The van der Waals surface area contributed by atoms with Crippen molar-refractivity contribution in [3.05, 3.63) is 17.0 Å². The molecule has 0 amide bonds. The van der Waals surface area contributed by atoms with E-state index >= 15 is 0 Å². The summed E-state index contributed by atoms with van der Waals surface area (Å²) in [5, 5.41) is 0. The molecule has 0 aliphatic heterocycles. The monoisotopic (exact) mass is 356 g/mol. The largest absolute Gasteiger partial charge is 0.461 e. The Morgan fingerprint density at radius 2 is 1.79 bits per heavy atom. The van der Waals surface area contributed by atoms with Crippen LogP contribution in [0.5, 0.6) is 0 Å². The molecule has 136 valence electrons. The van der Waals surface area contributed by atoms with E-state index in [1.54, 1.807) is 32.4 Å². The van der Waals surface area contributed by atoms with Crippen LogP contribution >= 0.6 is 0 Å². The maximum Gasteiger partial charge on any atom is 0.355 e. The van der Waals surface area contributed by atoms with Gasteiger partial charge < -0.3 is 9.30 Å². The van der Waals surface area contributed by atoms with Gasteiger partial charge in [0.25, 0.3) is 0 Å². The Bertz CT molecular complexity index is 699. The van der Waals surface area contributed by atoms with Crippen molar-refractivity contribution in [2.45, 2.75) is 70.2 Å². The molecule has 1 heterocycles. The fourth-order valence-electron chi connectivity index (χ4n) is 3.51. The summed E-state index contributed by atoms with van der Waals surface area (Å²) in [6.07, 6.45) is 6.16. The first-order valence-electron chi connectivity index (χ1n) is 8.65. The van der Waals surface area contributed by atoms with Crippen molar-refractivity contribution in [3.63, 3.8) is 0 Å². The molecule has 0 bridgehead atoms. The second-order valence-electron chi connectivity index (χ2n) is 6.48. The highest BCUT2D eigenvalue weighted by Crippen LogP contribution is 2.28. The SMILES string of the molecule is CCOC(=O)c1c(C)c(S(=O)(=O)NC2CCCCCC2)c(C)n1C. The Labute approximate surface area is 144 Å². The van der Waals surface area contributed by atoms with Crippen LogP contribution in [-0.2, 0) is 21.8 Å². The smallest absolute Gasteiger partial charge is 0.355 e. The number of carbonyl (C=O) groups excluding carboxylic acids is 1. The van der Waals surface area contributed by atoms with Gasteiger partial charge in [0.15, 0.2) is 0 Å². The van der Waals surface area contributed by atoms with Gasteiger partial charge in [0.2, 0.25) is 10.0 Å². The molecular weight excluding hydrogens is 328 g/mol. The highest BCUT2D eigenvalue weighted by atomic mass is 32.2. The molecule has 2 rings (SSSR count). The maximum absolute atomic E-state index is 12.9. The lowest BCUT2D eigenvalue weighted by molar-refractivity contribution is 0.0514. The summed E-state index contributed by atoms with van der Waals surface area (Å²) >= 11 is 0. The van der Waals surface area contributed by atoms with Crippen molar-refractivity contribution in [1.82, 2.24) is 9.29 Å². The van der Waals surface area contributed by atoms with Gasteiger partial charge >= 0.3 is 5.97 Å². The molecule has 6 nitrogen and oxygen atoms in total. The Morgan fingerprint density at radius 1 is 1.21 bits per heavy atom. The lowest BCUT2D eigenvalue weighted by atomic mass is 10.1. The Hall–Kier alpha value is -1.34. The summed E-state index contributed by atoms with van der Waals surface area (Å²) in [5.41, 5.74) is 1.31. The minimum absolute atomic E-state index is 0.0254. The molecule has 0 unspecified atom stereocenters. The molecule has 0 spiro atoms. The summed E-state index contributed by atoms with van der Waals surface area (Å²) in [5.74, 6) is -0.489. The van der Waals surface area contributed by atoms with Gasteiger partial charge in [0, 0.05) is 24.3 Å². The van der Waals surface area contributed by atoms with E-state index in [0.717, 1.165) is 38.5 Å². The zero-order chi connectivity index (χ0) is 17.9. The van der Waals surface area contributed by atoms with Crippen LogP contribution in [0.1, 0.15) is 67.2 Å². The quantitative estimate of drug-likeness (QED) is 0.650. The molecule has 7 heteroatoms. The van der Waals surface area contributed by atoms with Gasteiger partial charge in [-0.15, -0.1) is 0 Å². The minimum Gasteiger partial charge on any atom is -0.461 e. The van der Waals surface area contributed by atoms with Crippen LogP contribution in [0.15, 0.2) is 4.90 Å². The Balaban J connectivity index is 2.36. The van der Waals surface area contributed by atoms with Gasteiger partial charge in [-0.25, -0.2) is 17.9 Å². The lowest BCUT2D eigenvalue weighted by Gasteiger charge is -2.17. The van der Waals surface area contributed by atoms with Gasteiger partial charge in [0.1, 0.15) is 10.6 Å². The average molecular weight is 356 g/mol. The topological polar surface area (TPSA) is 77.4 Å². The molecule has 1 N–H and O–H groups in total. The van der Waals surface area contributed by atoms with Gasteiger partial charge in [-0.05, 0) is 33.6 Å². The van der Waals surface area contributed by atoms with Gasteiger partial charge in [-0.1, -0.05) is 25.7 Å². The molecule has 1 aromatic heterocycles. The molecule has 1 aliphatic carbocycles. The molecule has 0 saturated heterocycles. The highest BCUT2D eigenvalue weighted by Gasteiger charge is 2.31. The lowest BCUT2D eigenvalue weighted by Crippen LogP contribution is -2.35. The molecule has 1 fully saturated rings. The number of rotatable bonds is 5. The van der Waals surface area contributed by atoms with E-state index in [9.17, 15) is 13.2 Å². The number of hydrogen-bond donors (Lipinski definition) is 1. The Kier molecular flexibility index (Phi) is 6.09. The molecule has 1 saturated carbocycles. The van der Waals surface area contributed by atoms with Crippen molar-refractivity contribution < 1.29 is 17.9 Å². The molecule has 0 aromatic carbocycles. The third kappa shape index (κ3) is 3.83. The number of esters is 1. The molecule has 1 aliphatic rings. The molecule has 0 atom stereocenters. The van der Waals surface area contributed by atoms with Gasteiger partial charge in [0.05, 0.1) is 6.61 Å². The predicted octanol–water partition coefficient (Wildman–Crippen LogP) is 2.82. The van der Waals surface area contributed by atoms with E-state index in [0.29, 0.717) is 17.0 Å². The highest BCUT2D eigenvalue weighted by molar-refractivity contribution is 7.89. The maximum atomic E-state index is 12.9. The summed E-state index contributed by atoms with van der Waals surface area (Å²) in [7, 11) is -1.97. The third-order valence-corrected chi connectivity index (χ3v) is 6.56. The van der Waals surface area contributed by atoms with Crippen LogP contribution in [0.25, 0.3) is 0 Å². The van der Waals surface area contributed by atoms with Crippen LogP contribution in [0.3, 0.4) is 0 Å². The number of carbonyl (C=O) groups is 1. The van der Waals surface area contributed by atoms with Crippen molar-refractivity contribution in [1.29, 1.82) is 0 Å². The van der Waals surface area contributed by atoms with Crippen molar-refractivity contribution >= 4 is 16.0 Å². The third-order valence-electron chi connectivity index (χ3n) is 4.78. The molecular formula is C17H28N2O4S.